The lowest BCUT2D eigenvalue weighted by molar-refractivity contribution is -0.117. The number of carbonyl (C=O) groups excluding carboxylic acids is 2. The van der Waals surface area contributed by atoms with E-state index in [9.17, 15) is 9.59 Å². The van der Waals surface area contributed by atoms with Gasteiger partial charge in [-0.05, 0) is 54.5 Å². The molecule has 1 fully saturated rings. The lowest BCUT2D eigenvalue weighted by Gasteiger charge is -2.19. The Hall–Kier alpha value is -4.33. The van der Waals surface area contributed by atoms with Crippen LogP contribution in [0.1, 0.15) is 22.3 Å². The van der Waals surface area contributed by atoms with E-state index in [0.29, 0.717) is 37.0 Å². The van der Waals surface area contributed by atoms with E-state index in [-0.39, 0.29) is 23.4 Å². The van der Waals surface area contributed by atoms with Crippen molar-refractivity contribution in [1.29, 1.82) is 0 Å². The summed E-state index contributed by atoms with van der Waals surface area (Å²) >= 11 is 0. The van der Waals surface area contributed by atoms with Crippen LogP contribution in [0.2, 0.25) is 0 Å². The number of aromatic nitrogens is 1. The van der Waals surface area contributed by atoms with Crippen LogP contribution >= 0.6 is 0 Å². The predicted octanol–water partition coefficient (Wildman–Crippen LogP) is 3.43. The summed E-state index contributed by atoms with van der Waals surface area (Å²) in [6.07, 6.45) is 2.03. The first-order valence-electron chi connectivity index (χ1n) is 10.9. The Balaban J connectivity index is 1.45. The van der Waals surface area contributed by atoms with Crippen molar-refractivity contribution >= 4 is 17.6 Å². The SMILES string of the molecule is C=CC(=O)N[C@H]1CCN(c2ccc(C(N)=O)c(Oc3ccc(OCc4ccccc4)cc3)n2)C1. The molecule has 0 radical (unpaired) electrons. The fourth-order valence-corrected chi connectivity index (χ4v) is 3.67. The molecule has 2 aromatic carbocycles. The van der Waals surface area contributed by atoms with Gasteiger partial charge in [-0.3, -0.25) is 9.59 Å². The predicted molar refractivity (Wildman–Crippen MR) is 129 cm³/mol. The Bertz CT molecular complexity index is 1170. The molecule has 2 amide bonds. The Morgan fingerprint density at radius 1 is 1.09 bits per heavy atom. The summed E-state index contributed by atoms with van der Waals surface area (Å²) in [6.45, 7) is 5.24. The first-order valence-corrected chi connectivity index (χ1v) is 10.9. The molecule has 0 aliphatic carbocycles. The maximum absolute atomic E-state index is 11.9. The van der Waals surface area contributed by atoms with E-state index in [2.05, 4.69) is 16.9 Å². The molecule has 174 valence electrons. The molecule has 3 N–H and O–H groups in total. The molecule has 1 aromatic heterocycles. The standard InChI is InChI=1S/C26H26N4O4/c1-2-24(31)28-19-14-15-30(16-19)23-13-12-22(25(27)32)26(29-23)34-21-10-8-20(9-11-21)33-17-18-6-4-3-5-7-18/h2-13,19H,1,14-17H2,(H2,27,32)(H,28,31)/t19-/m0/s1. The third-order valence-electron chi connectivity index (χ3n) is 5.44. The van der Waals surface area contributed by atoms with Crippen molar-refractivity contribution in [2.75, 3.05) is 18.0 Å². The fraction of sp³-hybridized carbons (Fsp3) is 0.192. The molecule has 8 nitrogen and oxygen atoms in total. The minimum absolute atomic E-state index is 0.00378. The quantitative estimate of drug-likeness (QED) is 0.476. The summed E-state index contributed by atoms with van der Waals surface area (Å²) in [6, 6.07) is 20.3. The number of nitrogens with two attached hydrogens (primary N) is 1. The zero-order valence-corrected chi connectivity index (χ0v) is 18.6. The number of nitrogens with zero attached hydrogens (tertiary/aromatic N) is 2. The van der Waals surface area contributed by atoms with Crippen molar-refractivity contribution in [2.45, 2.75) is 19.1 Å². The molecule has 1 saturated heterocycles. The highest BCUT2D eigenvalue weighted by molar-refractivity contribution is 5.95. The number of benzene rings is 2. The second-order valence-corrected chi connectivity index (χ2v) is 7.88. The maximum atomic E-state index is 11.9. The van der Waals surface area contributed by atoms with Crippen molar-refractivity contribution < 1.29 is 19.1 Å². The smallest absolute Gasteiger partial charge is 0.254 e. The molecule has 1 aliphatic heterocycles. The lowest BCUT2D eigenvalue weighted by Crippen LogP contribution is -2.36. The molecule has 4 rings (SSSR count). The fourth-order valence-electron chi connectivity index (χ4n) is 3.67. The number of carbonyl (C=O) groups is 2. The van der Waals surface area contributed by atoms with Gasteiger partial charge in [0, 0.05) is 19.1 Å². The summed E-state index contributed by atoms with van der Waals surface area (Å²) in [5, 5.41) is 2.89. The average Bonchev–Trinajstić information content (AvgIpc) is 3.32. The van der Waals surface area contributed by atoms with E-state index >= 15 is 0 Å². The van der Waals surface area contributed by atoms with Gasteiger partial charge in [0.2, 0.25) is 11.8 Å². The topological polar surface area (TPSA) is 107 Å². The van der Waals surface area contributed by atoms with Crippen LogP contribution in [0.15, 0.2) is 79.4 Å². The molecule has 1 atom stereocenters. The number of hydrogen-bond donors (Lipinski definition) is 2. The highest BCUT2D eigenvalue weighted by Gasteiger charge is 2.25. The van der Waals surface area contributed by atoms with Gasteiger partial charge in [-0.2, -0.15) is 4.98 Å². The Labute approximate surface area is 198 Å². The van der Waals surface area contributed by atoms with Gasteiger partial charge < -0.3 is 25.4 Å². The highest BCUT2D eigenvalue weighted by atomic mass is 16.5. The Kier molecular flexibility index (Phi) is 7.07. The van der Waals surface area contributed by atoms with Crippen LogP contribution in [0.3, 0.4) is 0 Å². The number of anilines is 1. The minimum Gasteiger partial charge on any atom is -0.489 e. The van der Waals surface area contributed by atoms with Crippen molar-refractivity contribution in [1.82, 2.24) is 10.3 Å². The molecule has 3 aromatic rings. The summed E-state index contributed by atoms with van der Waals surface area (Å²) in [5.41, 5.74) is 6.79. The zero-order chi connectivity index (χ0) is 23.9. The number of primary amides is 1. The van der Waals surface area contributed by atoms with Crippen LogP contribution in [0.25, 0.3) is 0 Å². The van der Waals surface area contributed by atoms with Crippen molar-refractivity contribution in [3.05, 3.63) is 90.5 Å². The van der Waals surface area contributed by atoms with Crippen LogP contribution in [0.5, 0.6) is 17.4 Å². The number of rotatable bonds is 9. The average molecular weight is 459 g/mol. The number of nitrogens with one attached hydrogen (secondary N) is 1. The van der Waals surface area contributed by atoms with Gasteiger partial charge in [0.15, 0.2) is 0 Å². The van der Waals surface area contributed by atoms with Gasteiger partial charge in [-0.15, -0.1) is 0 Å². The van der Waals surface area contributed by atoms with Crippen LogP contribution < -0.4 is 25.4 Å². The monoisotopic (exact) mass is 458 g/mol. The molecular weight excluding hydrogens is 432 g/mol. The third kappa shape index (κ3) is 5.72. The molecule has 0 bridgehead atoms. The number of hydrogen-bond acceptors (Lipinski definition) is 6. The van der Waals surface area contributed by atoms with E-state index in [0.717, 1.165) is 12.0 Å². The first-order chi connectivity index (χ1) is 16.5. The summed E-state index contributed by atoms with van der Waals surface area (Å²) < 4.78 is 11.7. The van der Waals surface area contributed by atoms with Gasteiger partial charge in [-0.1, -0.05) is 36.9 Å². The van der Waals surface area contributed by atoms with Gasteiger partial charge in [0.05, 0.1) is 0 Å². The van der Waals surface area contributed by atoms with E-state index in [1.807, 2.05) is 35.2 Å². The molecule has 8 heteroatoms. The van der Waals surface area contributed by atoms with Crippen molar-refractivity contribution in [3.8, 4) is 17.4 Å². The largest absolute Gasteiger partial charge is 0.489 e. The number of ether oxygens (including phenoxy) is 2. The number of amides is 2. The minimum atomic E-state index is -0.630. The van der Waals surface area contributed by atoms with Crippen LogP contribution in [-0.4, -0.2) is 35.9 Å². The Morgan fingerprint density at radius 3 is 2.53 bits per heavy atom. The first kappa shape index (κ1) is 22.8. The molecule has 34 heavy (non-hydrogen) atoms. The summed E-state index contributed by atoms with van der Waals surface area (Å²) in [5.74, 6) is 1.12. The Morgan fingerprint density at radius 2 is 1.82 bits per heavy atom. The van der Waals surface area contributed by atoms with E-state index in [1.54, 1.807) is 36.4 Å². The zero-order valence-electron chi connectivity index (χ0n) is 18.6. The number of pyridine rings is 1. The molecule has 2 heterocycles. The van der Waals surface area contributed by atoms with Gasteiger partial charge in [0.1, 0.15) is 29.5 Å². The van der Waals surface area contributed by atoms with E-state index in [4.69, 9.17) is 15.2 Å². The van der Waals surface area contributed by atoms with Crippen molar-refractivity contribution in [3.63, 3.8) is 0 Å². The molecule has 0 saturated carbocycles. The molecular formula is C26H26N4O4. The molecule has 0 spiro atoms. The van der Waals surface area contributed by atoms with Gasteiger partial charge in [-0.25, -0.2) is 0 Å². The van der Waals surface area contributed by atoms with Crippen LogP contribution in [-0.2, 0) is 11.4 Å². The summed E-state index contributed by atoms with van der Waals surface area (Å²) in [7, 11) is 0. The van der Waals surface area contributed by atoms with Crippen LogP contribution in [0, 0.1) is 0 Å². The van der Waals surface area contributed by atoms with Gasteiger partial charge in [0.25, 0.3) is 5.91 Å². The third-order valence-corrected chi connectivity index (χ3v) is 5.44. The molecule has 1 aliphatic rings. The second kappa shape index (κ2) is 10.5. The molecule has 0 unspecified atom stereocenters. The maximum Gasteiger partial charge on any atom is 0.254 e. The van der Waals surface area contributed by atoms with Crippen LogP contribution in [0.4, 0.5) is 5.82 Å². The lowest BCUT2D eigenvalue weighted by atomic mass is 10.2. The van der Waals surface area contributed by atoms with E-state index < -0.39 is 5.91 Å². The van der Waals surface area contributed by atoms with Gasteiger partial charge >= 0.3 is 0 Å². The second-order valence-electron chi connectivity index (χ2n) is 7.88. The summed E-state index contributed by atoms with van der Waals surface area (Å²) in [4.78, 5) is 30.1. The normalized spacial score (nSPS) is 14.9. The highest BCUT2D eigenvalue weighted by Crippen LogP contribution is 2.29. The van der Waals surface area contributed by atoms with Crippen molar-refractivity contribution in [2.24, 2.45) is 5.73 Å². The van der Waals surface area contributed by atoms with E-state index in [1.165, 1.54) is 6.08 Å².